The lowest BCUT2D eigenvalue weighted by atomic mass is 10.1. The number of nitrogens with one attached hydrogen (secondary N) is 1. The molecule has 2 aliphatic rings. The molecule has 1 aromatic heterocycles. The van der Waals surface area contributed by atoms with Gasteiger partial charge in [0.2, 0.25) is 11.9 Å². The first kappa shape index (κ1) is 20.3. The number of hydrogen-bond acceptors (Lipinski definition) is 6. The number of aryl methyl sites for hydroxylation is 1. The lowest BCUT2D eigenvalue weighted by molar-refractivity contribution is -0.117. The van der Waals surface area contributed by atoms with Gasteiger partial charge < -0.3 is 15.1 Å². The predicted molar refractivity (Wildman–Crippen MR) is 116 cm³/mol. The molecule has 2 aliphatic heterocycles. The van der Waals surface area contributed by atoms with E-state index >= 15 is 0 Å². The van der Waals surface area contributed by atoms with Crippen molar-refractivity contribution in [1.82, 2.24) is 19.8 Å². The number of benzene rings is 1. The first-order chi connectivity index (χ1) is 14.6. The van der Waals surface area contributed by atoms with E-state index in [1.807, 2.05) is 24.0 Å². The summed E-state index contributed by atoms with van der Waals surface area (Å²) in [5.41, 5.74) is 2.29. The maximum Gasteiger partial charge on any atom is 0.253 e. The molecular formula is C22H28N6O2. The standard InChI is InChI=1S/C22H28N6O2/c1-17-5-6-18(21(30)27-9-2-3-10-27)15-19(17)25-20(29)16-26-11-13-28(14-12-26)22-23-7-4-8-24-22/h4-8,15H,2-3,9-14,16H2,1H3,(H,25,29). The van der Waals surface area contributed by atoms with Crippen molar-refractivity contribution in [3.8, 4) is 0 Å². The number of anilines is 2. The van der Waals surface area contributed by atoms with Crippen LogP contribution in [0.5, 0.6) is 0 Å². The minimum Gasteiger partial charge on any atom is -0.339 e. The normalized spacial score (nSPS) is 17.2. The maximum atomic E-state index is 12.7. The molecule has 2 fully saturated rings. The highest BCUT2D eigenvalue weighted by Gasteiger charge is 2.22. The van der Waals surface area contributed by atoms with E-state index in [1.54, 1.807) is 24.5 Å². The van der Waals surface area contributed by atoms with Gasteiger partial charge in [-0.05, 0) is 43.5 Å². The van der Waals surface area contributed by atoms with Crippen LogP contribution in [0, 0.1) is 6.92 Å². The van der Waals surface area contributed by atoms with Crippen molar-refractivity contribution in [2.24, 2.45) is 0 Å². The van der Waals surface area contributed by atoms with E-state index in [0.717, 1.165) is 63.6 Å². The fraction of sp³-hybridized carbons (Fsp3) is 0.455. The smallest absolute Gasteiger partial charge is 0.253 e. The van der Waals surface area contributed by atoms with Crippen molar-refractivity contribution in [3.05, 3.63) is 47.8 Å². The zero-order valence-corrected chi connectivity index (χ0v) is 17.4. The number of hydrogen-bond donors (Lipinski definition) is 1. The van der Waals surface area contributed by atoms with Gasteiger partial charge in [0.15, 0.2) is 0 Å². The summed E-state index contributed by atoms with van der Waals surface area (Å²) in [5, 5.41) is 3.00. The second-order valence-corrected chi connectivity index (χ2v) is 7.89. The minimum atomic E-state index is -0.0618. The highest BCUT2D eigenvalue weighted by molar-refractivity contribution is 5.98. The van der Waals surface area contributed by atoms with Crippen molar-refractivity contribution >= 4 is 23.5 Å². The highest BCUT2D eigenvalue weighted by atomic mass is 16.2. The predicted octanol–water partition coefficient (Wildman–Crippen LogP) is 1.78. The van der Waals surface area contributed by atoms with Gasteiger partial charge in [-0.15, -0.1) is 0 Å². The maximum absolute atomic E-state index is 12.7. The molecule has 0 radical (unpaired) electrons. The quantitative estimate of drug-likeness (QED) is 0.812. The van der Waals surface area contributed by atoms with Gasteiger partial charge in [0.25, 0.3) is 5.91 Å². The second-order valence-electron chi connectivity index (χ2n) is 7.89. The molecule has 2 aromatic rings. The number of likely N-dealkylation sites (tertiary alicyclic amines) is 1. The molecule has 0 atom stereocenters. The Bertz CT molecular complexity index is 890. The number of piperazine rings is 1. The Hall–Kier alpha value is -3.00. The summed E-state index contributed by atoms with van der Waals surface area (Å²) < 4.78 is 0. The van der Waals surface area contributed by atoms with Gasteiger partial charge in [0, 0.05) is 62.9 Å². The van der Waals surface area contributed by atoms with E-state index in [-0.39, 0.29) is 11.8 Å². The highest BCUT2D eigenvalue weighted by Crippen LogP contribution is 2.20. The Morgan fingerprint density at radius 1 is 1.00 bits per heavy atom. The third-order valence-corrected chi connectivity index (χ3v) is 5.73. The van der Waals surface area contributed by atoms with Gasteiger partial charge in [-0.1, -0.05) is 6.07 Å². The van der Waals surface area contributed by atoms with Gasteiger partial charge in [-0.25, -0.2) is 9.97 Å². The van der Waals surface area contributed by atoms with Crippen LogP contribution < -0.4 is 10.2 Å². The number of carbonyl (C=O) groups is 2. The number of rotatable bonds is 5. The number of amides is 2. The largest absolute Gasteiger partial charge is 0.339 e. The minimum absolute atomic E-state index is 0.0438. The fourth-order valence-corrected chi connectivity index (χ4v) is 3.95. The molecular weight excluding hydrogens is 380 g/mol. The molecule has 8 nitrogen and oxygen atoms in total. The summed E-state index contributed by atoms with van der Waals surface area (Å²) >= 11 is 0. The van der Waals surface area contributed by atoms with E-state index in [9.17, 15) is 9.59 Å². The van der Waals surface area contributed by atoms with E-state index < -0.39 is 0 Å². The molecule has 3 heterocycles. The lowest BCUT2D eigenvalue weighted by Gasteiger charge is -2.34. The van der Waals surface area contributed by atoms with E-state index in [0.29, 0.717) is 17.8 Å². The topological polar surface area (TPSA) is 81.7 Å². The van der Waals surface area contributed by atoms with Gasteiger partial charge in [-0.2, -0.15) is 0 Å². The Kier molecular flexibility index (Phi) is 6.23. The van der Waals surface area contributed by atoms with E-state index in [4.69, 9.17) is 0 Å². The summed E-state index contributed by atoms with van der Waals surface area (Å²) in [4.78, 5) is 40.0. The zero-order valence-electron chi connectivity index (χ0n) is 17.4. The Morgan fingerprint density at radius 2 is 1.70 bits per heavy atom. The van der Waals surface area contributed by atoms with Crippen LogP contribution in [0.15, 0.2) is 36.7 Å². The summed E-state index contributed by atoms with van der Waals surface area (Å²) in [6.45, 7) is 7.02. The van der Waals surface area contributed by atoms with Crippen LogP contribution in [0.3, 0.4) is 0 Å². The number of aromatic nitrogens is 2. The average Bonchev–Trinajstić information content (AvgIpc) is 3.31. The molecule has 0 aliphatic carbocycles. The van der Waals surface area contributed by atoms with Crippen LogP contribution in [0.2, 0.25) is 0 Å². The summed E-state index contributed by atoms with van der Waals surface area (Å²) in [6, 6.07) is 7.35. The van der Waals surface area contributed by atoms with Crippen LogP contribution in [-0.2, 0) is 4.79 Å². The van der Waals surface area contributed by atoms with Crippen LogP contribution in [0.4, 0.5) is 11.6 Å². The lowest BCUT2D eigenvalue weighted by Crippen LogP contribution is -2.49. The monoisotopic (exact) mass is 408 g/mol. The summed E-state index contributed by atoms with van der Waals surface area (Å²) in [6.07, 6.45) is 5.61. The Labute approximate surface area is 176 Å². The summed E-state index contributed by atoms with van der Waals surface area (Å²) in [7, 11) is 0. The van der Waals surface area contributed by atoms with Crippen molar-refractivity contribution in [1.29, 1.82) is 0 Å². The Morgan fingerprint density at radius 3 is 2.40 bits per heavy atom. The van der Waals surface area contributed by atoms with Crippen LogP contribution in [-0.4, -0.2) is 77.4 Å². The molecule has 0 saturated carbocycles. The van der Waals surface area contributed by atoms with Gasteiger partial charge in [0.05, 0.1) is 6.54 Å². The Balaban J connectivity index is 1.32. The first-order valence-electron chi connectivity index (χ1n) is 10.5. The van der Waals surface area contributed by atoms with Crippen molar-refractivity contribution in [2.45, 2.75) is 19.8 Å². The molecule has 158 valence electrons. The second kappa shape index (κ2) is 9.21. The summed E-state index contributed by atoms with van der Waals surface area (Å²) in [5.74, 6) is 0.715. The van der Waals surface area contributed by atoms with Gasteiger partial charge in [-0.3, -0.25) is 14.5 Å². The molecule has 4 rings (SSSR count). The van der Waals surface area contributed by atoms with Crippen molar-refractivity contribution in [2.75, 3.05) is 56.0 Å². The van der Waals surface area contributed by atoms with Crippen LogP contribution >= 0.6 is 0 Å². The van der Waals surface area contributed by atoms with Gasteiger partial charge >= 0.3 is 0 Å². The SMILES string of the molecule is Cc1ccc(C(=O)N2CCCC2)cc1NC(=O)CN1CCN(c2ncccn2)CC1. The third kappa shape index (κ3) is 4.76. The van der Waals surface area contributed by atoms with Crippen LogP contribution in [0.25, 0.3) is 0 Å². The van der Waals surface area contributed by atoms with Crippen molar-refractivity contribution in [3.63, 3.8) is 0 Å². The molecule has 0 unspecified atom stereocenters. The molecule has 1 aromatic carbocycles. The van der Waals surface area contributed by atoms with E-state index in [1.165, 1.54) is 0 Å². The molecule has 30 heavy (non-hydrogen) atoms. The van der Waals surface area contributed by atoms with Gasteiger partial charge in [0.1, 0.15) is 0 Å². The fourth-order valence-electron chi connectivity index (χ4n) is 3.95. The molecule has 1 N–H and O–H groups in total. The number of nitrogens with zero attached hydrogens (tertiary/aromatic N) is 5. The molecule has 0 bridgehead atoms. The third-order valence-electron chi connectivity index (χ3n) is 5.73. The molecule has 2 saturated heterocycles. The van der Waals surface area contributed by atoms with Crippen molar-refractivity contribution < 1.29 is 9.59 Å². The molecule has 0 spiro atoms. The number of carbonyl (C=O) groups excluding carboxylic acids is 2. The average molecular weight is 409 g/mol. The zero-order chi connectivity index (χ0) is 20.9. The molecule has 8 heteroatoms. The molecule has 2 amide bonds. The van der Waals surface area contributed by atoms with E-state index in [2.05, 4.69) is 25.1 Å². The van der Waals surface area contributed by atoms with Crippen LogP contribution in [0.1, 0.15) is 28.8 Å². The first-order valence-corrected chi connectivity index (χ1v) is 10.5.